The lowest BCUT2D eigenvalue weighted by molar-refractivity contribution is -0.133. The Morgan fingerprint density at radius 2 is 2.17 bits per heavy atom. The van der Waals surface area contributed by atoms with Crippen molar-refractivity contribution < 1.29 is 9.90 Å². The Labute approximate surface area is 138 Å². The first-order chi connectivity index (χ1) is 10.7. The number of carbonyl (C=O) groups excluding carboxylic acids is 1. The van der Waals surface area contributed by atoms with Gasteiger partial charge in [0.25, 0.3) is 11.5 Å². The first-order valence-corrected chi connectivity index (χ1v) is 8.18. The van der Waals surface area contributed by atoms with Crippen LogP contribution in [0, 0.1) is 6.92 Å². The molecule has 0 aromatic carbocycles. The van der Waals surface area contributed by atoms with Crippen LogP contribution in [0.1, 0.15) is 37.3 Å². The van der Waals surface area contributed by atoms with Crippen LogP contribution >= 0.6 is 11.3 Å². The van der Waals surface area contributed by atoms with Crippen LogP contribution in [0.25, 0.3) is 0 Å². The lowest BCUT2D eigenvalue weighted by Crippen LogP contribution is -2.46. The average molecular weight is 335 g/mol. The van der Waals surface area contributed by atoms with E-state index in [-0.39, 0.29) is 12.1 Å². The van der Waals surface area contributed by atoms with E-state index in [0.29, 0.717) is 16.7 Å². The fraction of sp³-hybridized carbons (Fsp3) is 0.438. The molecule has 0 fully saturated rings. The molecule has 2 aromatic heterocycles. The molecule has 124 valence electrons. The van der Waals surface area contributed by atoms with Crippen molar-refractivity contribution in [3.05, 3.63) is 45.3 Å². The molecule has 2 rings (SSSR count). The van der Waals surface area contributed by atoms with Crippen molar-refractivity contribution in [3.8, 4) is 0 Å². The molecule has 2 aromatic rings. The molecular formula is C16H21N3O3S. The maximum absolute atomic E-state index is 12.3. The molecule has 2 N–H and O–H groups in total. The molecule has 0 saturated heterocycles. The van der Waals surface area contributed by atoms with Crippen molar-refractivity contribution >= 4 is 22.4 Å². The molecule has 0 aliphatic heterocycles. The van der Waals surface area contributed by atoms with Gasteiger partial charge in [0.2, 0.25) is 0 Å². The lowest BCUT2D eigenvalue weighted by atomic mass is 10.1. The second-order valence-electron chi connectivity index (χ2n) is 6.04. The minimum absolute atomic E-state index is 0.118. The number of aryl methyl sites for hydroxylation is 1. The molecule has 0 saturated carbocycles. The SMILES string of the molecule is Cc1cccc(=O)n1CC(C)(O)C(=O)Nc1ncc(C(C)C)s1. The first kappa shape index (κ1) is 17.4. The van der Waals surface area contributed by atoms with Gasteiger partial charge in [-0.25, -0.2) is 4.98 Å². The van der Waals surface area contributed by atoms with E-state index in [0.717, 1.165) is 4.88 Å². The number of nitrogens with zero attached hydrogens (tertiary/aromatic N) is 2. The largest absolute Gasteiger partial charge is 0.378 e. The molecule has 0 aliphatic rings. The van der Waals surface area contributed by atoms with E-state index in [9.17, 15) is 14.7 Å². The summed E-state index contributed by atoms with van der Waals surface area (Å²) in [6.45, 7) is 7.11. The van der Waals surface area contributed by atoms with Crippen LogP contribution in [0.2, 0.25) is 0 Å². The van der Waals surface area contributed by atoms with Gasteiger partial charge in [-0.15, -0.1) is 11.3 Å². The Kier molecular flexibility index (Phi) is 5.01. The van der Waals surface area contributed by atoms with Crippen LogP contribution in [0.4, 0.5) is 5.13 Å². The van der Waals surface area contributed by atoms with Crippen molar-refractivity contribution in [1.29, 1.82) is 0 Å². The number of anilines is 1. The van der Waals surface area contributed by atoms with Gasteiger partial charge in [-0.3, -0.25) is 14.9 Å². The van der Waals surface area contributed by atoms with E-state index in [1.54, 1.807) is 25.3 Å². The summed E-state index contributed by atoms with van der Waals surface area (Å²) in [4.78, 5) is 29.4. The summed E-state index contributed by atoms with van der Waals surface area (Å²) in [7, 11) is 0. The minimum Gasteiger partial charge on any atom is -0.378 e. The van der Waals surface area contributed by atoms with Crippen molar-refractivity contribution in [2.75, 3.05) is 5.32 Å². The number of amides is 1. The van der Waals surface area contributed by atoms with Gasteiger partial charge < -0.3 is 9.67 Å². The topological polar surface area (TPSA) is 84.2 Å². The summed E-state index contributed by atoms with van der Waals surface area (Å²) in [6, 6.07) is 4.80. The first-order valence-electron chi connectivity index (χ1n) is 7.36. The van der Waals surface area contributed by atoms with E-state index in [2.05, 4.69) is 10.3 Å². The number of thiazole rings is 1. The third-order valence-electron chi connectivity index (χ3n) is 3.54. The van der Waals surface area contributed by atoms with Crippen LogP contribution in [0.3, 0.4) is 0 Å². The number of carbonyl (C=O) groups is 1. The smallest absolute Gasteiger partial charge is 0.259 e. The Bertz CT molecular complexity index is 762. The van der Waals surface area contributed by atoms with Crippen LogP contribution in [-0.2, 0) is 11.3 Å². The monoisotopic (exact) mass is 335 g/mol. The molecule has 2 heterocycles. The van der Waals surface area contributed by atoms with E-state index < -0.39 is 11.5 Å². The van der Waals surface area contributed by atoms with Gasteiger partial charge in [-0.05, 0) is 25.8 Å². The van der Waals surface area contributed by atoms with Crippen molar-refractivity contribution in [1.82, 2.24) is 9.55 Å². The number of pyridine rings is 1. The number of aliphatic hydroxyl groups is 1. The summed E-state index contributed by atoms with van der Waals surface area (Å²) in [5.41, 5.74) is -1.30. The van der Waals surface area contributed by atoms with E-state index in [1.165, 1.54) is 28.9 Å². The molecule has 23 heavy (non-hydrogen) atoms. The molecule has 1 amide bonds. The Balaban J connectivity index is 2.15. The Morgan fingerprint density at radius 1 is 1.48 bits per heavy atom. The van der Waals surface area contributed by atoms with E-state index >= 15 is 0 Å². The lowest BCUT2D eigenvalue weighted by Gasteiger charge is -2.23. The van der Waals surface area contributed by atoms with Gasteiger partial charge in [0.1, 0.15) is 0 Å². The predicted molar refractivity (Wildman–Crippen MR) is 90.9 cm³/mol. The standard InChI is InChI=1S/C16H21N3O3S/c1-10(2)12-8-17-15(23-12)18-14(21)16(4,22)9-19-11(3)6-5-7-13(19)20/h5-8,10,22H,9H2,1-4H3,(H,17,18,21). The maximum Gasteiger partial charge on any atom is 0.259 e. The quantitative estimate of drug-likeness (QED) is 0.877. The zero-order valence-electron chi connectivity index (χ0n) is 13.7. The van der Waals surface area contributed by atoms with E-state index in [4.69, 9.17) is 0 Å². The van der Waals surface area contributed by atoms with Gasteiger partial charge in [-0.1, -0.05) is 19.9 Å². The van der Waals surface area contributed by atoms with E-state index in [1.807, 2.05) is 13.8 Å². The second-order valence-corrected chi connectivity index (χ2v) is 7.10. The highest BCUT2D eigenvalue weighted by Gasteiger charge is 2.32. The third kappa shape index (κ3) is 4.05. The number of hydrogen-bond donors (Lipinski definition) is 2. The number of rotatable bonds is 5. The van der Waals surface area contributed by atoms with Gasteiger partial charge >= 0.3 is 0 Å². The molecular weight excluding hydrogens is 314 g/mol. The molecule has 1 atom stereocenters. The van der Waals surface area contributed by atoms with Gasteiger partial charge in [0.15, 0.2) is 10.7 Å². The summed E-state index contributed by atoms with van der Waals surface area (Å²) >= 11 is 1.38. The molecule has 6 nitrogen and oxygen atoms in total. The Hall–Kier alpha value is -1.99. The fourth-order valence-electron chi connectivity index (χ4n) is 2.05. The number of hydrogen-bond acceptors (Lipinski definition) is 5. The molecule has 0 bridgehead atoms. The summed E-state index contributed by atoms with van der Waals surface area (Å²) in [5.74, 6) is -0.262. The number of nitrogens with one attached hydrogen (secondary N) is 1. The molecule has 0 radical (unpaired) electrons. The minimum atomic E-state index is -1.72. The zero-order chi connectivity index (χ0) is 17.2. The summed E-state index contributed by atoms with van der Waals surface area (Å²) in [6.07, 6.45) is 1.71. The van der Waals surface area contributed by atoms with Crippen molar-refractivity contribution in [3.63, 3.8) is 0 Å². The normalized spacial score (nSPS) is 13.8. The van der Waals surface area contributed by atoms with Crippen LogP contribution < -0.4 is 10.9 Å². The highest BCUT2D eigenvalue weighted by Crippen LogP contribution is 2.25. The average Bonchev–Trinajstić information content (AvgIpc) is 2.92. The summed E-state index contributed by atoms with van der Waals surface area (Å²) < 4.78 is 1.38. The van der Waals surface area contributed by atoms with Crippen LogP contribution in [0.5, 0.6) is 0 Å². The van der Waals surface area contributed by atoms with Gasteiger partial charge in [-0.2, -0.15) is 0 Å². The molecule has 1 unspecified atom stereocenters. The van der Waals surface area contributed by atoms with Gasteiger partial charge in [0.05, 0.1) is 6.54 Å². The molecule has 0 aliphatic carbocycles. The predicted octanol–water partition coefficient (Wildman–Crippen LogP) is 2.13. The number of aromatic nitrogens is 2. The maximum atomic E-state index is 12.3. The Morgan fingerprint density at radius 3 is 2.74 bits per heavy atom. The fourth-order valence-corrected chi connectivity index (χ4v) is 2.86. The highest BCUT2D eigenvalue weighted by atomic mass is 32.1. The second kappa shape index (κ2) is 6.64. The molecule has 7 heteroatoms. The zero-order valence-corrected chi connectivity index (χ0v) is 14.5. The highest BCUT2D eigenvalue weighted by molar-refractivity contribution is 7.15. The molecule has 0 spiro atoms. The van der Waals surface area contributed by atoms with Crippen molar-refractivity contribution in [2.45, 2.75) is 45.8 Å². The summed E-state index contributed by atoms with van der Waals surface area (Å²) in [5, 5.41) is 13.5. The van der Waals surface area contributed by atoms with Crippen LogP contribution in [0.15, 0.2) is 29.2 Å². The van der Waals surface area contributed by atoms with Crippen molar-refractivity contribution in [2.24, 2.45) is 0 Å². The van der Waals surface area contributed by atoms with Gasteiger partial charge in [0, 0.05) is 22.8 Å². The van der Waals surface area contributed by atoms with Crippen LogP contribution in [-0.4, -0.2) is 26.2 Å². The third-order valence-corrected chi connectivity index (χ3v) is 4.75.